The van der Waals surface area contributed by atoms with Crippen molar-refractivity contribution in [2.45, 2.75) is 33.1 Å². The first kappa shape index (κ1) is 20.7. The van der Waals surface area contributed by atoms with Gasteiger partial charge in [0.25, 0.3) is 0 Å². The first-order chi connectivity index (χ1) is 13.8. The molecule has 1 atom stereocenters. The highest BCUT2D eigenvalue weighted by molar-refractivity contribution is 6.04. The fourth-order valence-corrected chi connectivity index (χ4v) is 3.69. The van der Waals surface area contributed by atoms with Gasteiger partial charge in [0.2, 0.25) is 11.8 Å². The van der Waals surface area contributed by atoms with Crippen molar-refractivity contribution in [2.75, 3.05) is 31.0 Å². The number of amides is 2. The van der Waals surface area contributed by atoms with Crippen LogP contribution < -0.4 is 19.7 Å². The van der Waals surface area contributed by atoms with Crippen LogP contribution in [0.3, 0.4) is 0 Å². The number of ether oxygens (including phenoxy) is 2. The highest BCUT2D eigenvalue weighted by Gasteiger charge is 2.36. The molecule has 6 heteroatoms. The van der Waals surface area contributed by atoms with E-state index in [4.69, 9.17) is 9.47 Å². The standard InChI is InChI=1S/C23H28N2O4/c1-14(2)18-8-6-7-15(3)22(18)24-23(27)16-11-21(26)25(13-16)17-9-10-19(28-4)20(12-17)29-5/h6-10,12,14,16H,11,13H2,1-5H3,(H,24,27). The average molecular weight is 396 g/mol. The van der Waals surface area contributed by atoms with Crippen molar-refractivity contribution in [3.05, 3.63) is 47.5 Å². The van der Waals surface area contributed by atoms with E-state index in [0.717, 1.165) is 16.8 Å². The molecule has 0 aliphatic carbocycles. The van der Waals surface area contributed by atoms with E-state index in [0.29, 0.717) is 29.6 Å². The molecule has 1 fully saturated rings. The number of benzene rings is 2. The number of aryl methyl sites for hydroxylation is 1. The second-order valence-electron chi connectivity index (χ2n) is 7.63. The van der Waals surface area contributed by atoms with Crippen LogP contribution in [0, 0.1) is 12.8 Å². The van der Waals surface area contributed by atoms with Crippen molar-refractivity contribution < 1.29 is 19.1 Å². The molecule has 1 unspecified atom stereocenters. The van der Waals surface area contributed by atoms with Crippen molar-refractivity contribution in [2.24, 2.45) is 5.92 Å². The summed E-state index contributed by atoms with van der Waals surface area (Å²) in [5, 5.41) is 3.07. The number of hydrogen-bond acceptors (Lipinski definition) is 4. The number of carbonyl (C=O) groups is 2. The Kier molecular flexibility index (Phi) is 6.11. The monoisotopic (exact) mass is 396 g/mol. The predicted molar refractivity (Wildman–Crippen MR) is 114 cm³/mol. The van der Waals surface area contributed by atoms with E-state index in [1.807, 2.05) is 25.1 Å². The molecule has 0 radical (unpaired) electrons. The molecule has 0 aromatic heterocycles. The van der Waals surface area contributed by atoms with Gasteiger partial charge in [0, 0.05) is 30.4 Å². The van der Waals surface area contributed by atoms with Crippen LogP contribution in [0.4, 0.5) is 11.4 Å². The van der Waals surface area contributed by atoms with Gasteiger partial charge in [-0.2, -0.15) is 0 Å². The molecule has 2 aromatic carbocycles. The third-order valence-corrected chi connectivity index (χ3v) is 5.35. The molecule has 1 aliphatic rings. The molecular weight excluding hydrogens is 368 g/mol. The van der Waals surface area contributed by atoms with E-state index >= 15 is 0 Å². The van der Waals surface area contributed by atoms with E-state index in [2.05, 4.69) is 19.2 Å². The summed E-state index contributed by atoms with van der Waals surface area (Å²) in [6, 6.07) is 11.3. The molecule has 1 N–H and O–H groups in total. The molecule has 154 valence electrons. The largest absolute Gasteiger partial charge is 0.493 e. The molecule has 29 heavy (non-hydrogen) atoms. The van der Waals surface area contributed by atoms with Gasteiger partial charge in [-0.05, 0) is 36.1 Å². The van der Waals surface area contributed by atoms with Gasteiger partial charge in [-0.15, -0.1) is 0 Å². The number of carbonyl (C=O) groups excluding carboxylic acids is 2. The lowest BCUT2D eigenvalue weighted by molar-refractivity contribution is -0.122. The number of rotatable bonds is 6. The Balaban J connectivity index is 1.78. The molecule has 0 spiro atoms. The number of anilines is 2. The van der Waals surface area contributed by atoms with E-state index < -0.39 is 5.92 Å². The molecule has 6 nitrogen and oxygen atoms in total. The highest BCUT2D eigenvalue weighted by atomic mass is 16.5. The number of methoxy groups -OCH3 is 2. The van der Waals surface area contributed by atoms with E-state index in [1.54, 1.807) is 37.3 Å². The van der Waals surface area contributed by atoms with Crippen LogP contribution in [-0.4, -0.2) is 32.6 Å². The number of hydrogen-bond donors (Lipinski definition) is 1. The van der Waals surface area contributed by atoms with Crippen molar-refractivity contribution >= 4 is 23.2 Å². The Morgan fingerprint density at radius 2 is 1.86 bits per heavy atom. The third-order valence-electron chi connectivity index (χ3n) is 5.35. The number of nitrogens with zero attached hydrogens (tertiary/aromatic N) is 1. The molecule has 1 heterocycles. The zero-order chi connectivity index (χ0) is 21.1. The van der Waals surface area contributed by atoms with Gasteiger partial charge in [0.05, 0.1) is 20.1 Å². The lowest BCUT2D eigenvalue weighted by Crippen LogP contribution is -2.28. The van der Waals surface area contributed by atoms with Crippen LogP contribution >= 0.6 is 0 Å². The van der Waals surface area contributed by atoms with Crippen LogP contribution in [0.2, 0.25) is 0 Å². The maximum Gasteiger partial charge on any atom is 0.229 e. The van der Waals surface area contributed by atoms with Gasteiger partial charge in [-0.1, -0.05) is 32.0 Å². The normalized spacial score (nSPS) is 16.3. The van der Waals surface area contributed by atoms with Crippen LogP contribution in [0.15, 0.2) is 36.4 Å². The first-order valence-corrected chi connectivity index (χ1v) is 9.78. The van der Waals surface area contributed by atoms with Crippen molar-refractivity contribution in [3.8, 4) is 11.5 Å². The van der Waals surface area contributed by atoms with Crippen LogP contribution in [0.5, 0.6) is 11.5 Å². The maximum atomic E-state index is 13.0. The lowest BCUT2D eigenvalue weighted by atomic mass is 9.97. The fraction of sp³-hybridized carbons (Fsp3) is 0.391. The van der Waals surface area contributed by atoms with Gasteiger partial charge in [0.1, 0.15) is 0 Å². The summed E-state index contributed by atoms with van der Waals surface area (Å²) in [5.74, 6) is 0.822. The first-order valence-electron chi connectivity index (χ1n) is 9.78. The number of nitrogens with one attached hydrogen (secondary N) is 1. The molecule has 1 saturated heterocycles. The summed E-state index contributed by atoms with van der Waals surface area (Å²) in [6.07, 6.45) is 0.184. The van der Waals surface area contributed by atoms with Gasteiger partial charge in [-0.3, -0.25) is 9.59 Å². The highest BCUT2D eigenvalue weighted by Crippen LogP contribution is 2.35. The summed E-state index contributed by atoms with van der Waals surface area (Å²) in [4.78, 5) is 27.2. The Hall–Kier alpha value is -3.02. The Labute approximate surface area is 171 Å². The summed E-state index contributed by atoms with van der Waals surface area (Å²) in [5.41, 5.74) is 3.66. The van der Waals surface area contributed by atoms with Crippen molar-refractivity contribution in [1.82, 2.24) is 0 Å². The Morgan fingerprint density at radius 3 is 2.52 bits per heavy atom. The van der Waals surface area contributed by atoms with E-state index in [-0.39, 0.29) is 18.2 Å². The summed E-state index contributed by atoms with van der Waals surface area (Å²) >= 11 is 0. The van der Waals surface area contributed by atoms with Crippen LogP contribution in [0.1, 0.15) is 37.3 Å². The van der Waals surface area contributed by atoms with Crippen molar-refractivity contribution in [1.29, 1.82) is 0 Å². The quantitative estimate of drug-likeness (QED) is 0.797. The minimum atomic E-state index is -0.407. The molecule has 0 saturated carbocycles. The predicted octanol–water partition coefficient (Wildman–Crippen LogP) is 4.13. The summed E-state index contributed by atoms with van der Waals surface area (Å²) in [7, 11) is 3.12. The zero-order valence-corrected chi connectivity index (χ0v) is 17.6. The lowest BCUT2D eigenvalue weighted by Gasteiger charge is -2.20. The van der Waals surface area contributed by atoms with Gasteiger partial charge in [0.15, 0.2) is 11.5 Å². The van der Waals surface area contributed by atoms with E-state index in [1.165, 1.54) is 0 Å². The molecule has 0 bridgehead atoms. The van der Waals surface area contributed by atoms with Crippen molar-refractivity contribution in [3.63, 3.8) is 0 Å². The summed E-state index contributed by atoms with van der Waals surface area (Å²) in [6.45, 7) is 6.52. The molecule has 1 aliphatic heterocycles. The molecule has 2 aromatic rings. The Morgan fingerprint density at radius 1 is 1.14 bits per heavy atom. The molecule has 3 rings (SSSR count). The third kappa shape index (κ3) is 4.21. The second kappa shape index (κ2) is 8.55. The smallest absolute Gasteiger partial charge is 0.229 e. The van der Waals surface area contributed by atoms with Gasteiger partial charge in [-0.25, -0.2) is 0 Å². The molecular formula is C23H28N2O4. The van der Waals surface area contributed by atoms with Crippen LogP contribution in [-0.2, 0) is 9.59 Å². The second-order valence-corrected chi connectivity index (χ2v) is 7.63. The van der Waals surface area contributed by atoms with Gasteiger partial charge < -0.3 is 19.7 Å². The maximum absolute atomic E-state index is 13.0. The fourth-order valence-electron chi connectivity index (χ4n) is 3.69. The Bertz CT molecular complexity index is 923. The van der Waals surface area contributed by atoms with E-state index in [9.17, 15) is 9.59 Å². The zero-order valence-electron chi connectivity index (χ0n) is 17.6. The average Bonchev–Trinajstić information content (AvgIpc) is 3.10. The SMILES string of the molecule is COc1ccc(N2CC(C(=O)Nc3c(C)cccc3C(C)C)CC2=O)cc1OC. The topological polar surface area (TPSA) is 67.9 Å². The number of para-hydroxylation sites is 1. The molecule has 2 amide bonds. The summed E-state index contributed by atoms with van der Waals surface area (Å²) < 4.78 is 10.6. The van der Waals surface area contributed by atoms with Crippen LogP contribution in [0.25, 0.3) is 0 Å². The minimum Gasteiger partial charge on any atom is -0.493 e. The van der Waals surface area contributed by atoms with Gasteiger partial charge >= 0.3 is 0 Å². The minimum absolute atomic E-state index is 0.0776.